The Morgan fingerprint density at radius 3 is 2.61 bits per heavy atom. The fraction of sp³-hybridized carbons (Fsp3) is 0.214. The standard InChI is InChI=1S/C14H12F4N4O/c15-11-2-1-9(7-10(11)14(16,17)18)13(23)22-6-5-21-12-8-19-3-4-20-12/h1-4,7-8H,5-6H2,(H,20,21)(H,22,23). The van der Waals surface area contributed by atoms with Crippen molar-refractivity contribution in [2.24, 2.45) is 0 Å². The Bertz CT molecular complexity index is 676. The molecule has 1 aromatic carbocycles. The molecule has 5 nitrogen and oxygen atoms in total. The van der Waals surface area contributed by atoms with E-state index in [1.807, 2.05) is 0 Å². The monoisotopic (exact) mass is 328 g/mol. The number of hydrogen-bond acceptors (Lipinski definition) is 4. The first kappa shape index (κ1) is 16.7. The van der Waals surface area contributed by atoms with Gasteiger partial charge in [0, 0.05) is 31.0 Å². The molecule has 0 radical (unpaired) electrons. The van der Waals surface area contributed by atoms with Gasteiger partial charge in [0.25, 0.3) is 5.91 Å². The van der Waals surface area contributed by atoms with Gasteiger partial charge in [0.1, 0.15) is 11.6 Å². The molecule has 9 heteroatoms. The van der Waals surface area contributed by atoms with Crippen LogP contribution < -0.4 is 10.6 Å². The lowest BCUT2D eigenvalue weighted by Crippen LogP contribution is -2.29. The number of aromatic nitrogens is 2. The molecule has 0 spiro atoms. The molecular formula is C14H12F4N4O. The average Bonchev–Trinajstić information content (AvgIpc) is 2.51. The van der Waals surface area contributed by atoms with Crippen molar-refractivity contribution in [2.75, 3.05) is 18.4 Å². The van der Waals surface area contributed by atoms with E-state index in [0.717, 1.165) is 6.07 Å². The molecule has 2 N–H and O–H groups in total. The van der Waals surface area contributed by atoms with Crippen molar-refractivity contribution in [1.29, 1.82) is 0 Å². The highest BCUT2D eigenvalue weighted by molar-refractivity contribution is 5.94. The summed E-state index contributed by atoms with van der Waals surface area (Å²) in [5.74, 6) is -1.64. The molecule has 0 bridgehead atoms. The van der Waals surface area contributed by atoms with Crippen LogP contribution in [0.2, 0.25) is 0 Å². The first-order valence-electron chi connectivity index (χ1n) is 6.53. The second kappa shape index (κ2) is 7.03. The quantitative estimate of drug-likeness (QED) is 0.654. The maximum atomic E-state index is 13.1. The van der Waals surface area contributed by atoms with Crippen molar-refractivity contribution in [3.63, 3.8) is 0 Å². The number of benzene rings is 1. The van der Waals surface area contributed by atoms with Crippen LogP contribution in [0.25, 0.3) is 0 Å². The van der Waals surface area contributed by atoms with Crippen LogP contribution in [0.15, 0.2) is 36.8 Å². The molecule has 0 saturated heterocycles. The van der Waals surface area contributed by atoms with Crippen LogP contribution in [0.1, 0.15) is 15.9 Å². The summed E-state index contributed by atoms with van der Waals surface area (Å²) in [4.78, 5) is 19.6. The van der Waals surface area contributed by atoms with Gasteiger partial charge in [0.05, 0.1) is 11.8 Å². The number of carbonyl (C=O) groups is 1. The molecular weight excluding hydrogens is 316 g/mol. The van der Waals surface area contributed by atoms with Gasteiger partial charge < -0.3 is 10.6 Å². The van der Waals surface area contributed by atoms with E-state index >= 15 is 0 Å². The van der Waals surface area contributed by atoms with Crippen LogP contribution >= 0.6 is 0 Å². The fourth-order valence-electron chi connectivity index (χ4n) is 1.74. The minimum absolute atomic E-state index is 0.147. The summed E-state index contributed by atoms with van der Waals surface area (Å²) in [6.07, 6.45) is -0.386. The number of hydrogen-bond donors (Lipinski definition) is 2. The maximum Gasteiger partial charge on any atom is 0.419 e. The third-order valence-electron chi connectivity index (χ3n) is 2.81. The van der Waals surface area contributed by atoms with Crippen LogP contribution in [0, 0.1) is 5.82 Å². The molecule has 0 aliphatic carbocycles. The van der Waals surface area contributed by atoms with E-state index in [0.29, 0.717) is 24.5 Å². The largest absolute Gasteiger partial charge is 0.419 e. The molecule has 0 aliphatic heterocycles. The fourth-order valence-corrected chi connectivity index (χ4v) is 1.74. The van der Waals surface area contributed by atoms with Crippen LogP contribution in [-0.2, 0) is 6.18 Å². The van der Waals surface area contributed by atoms with E-state index in [9.17, 15) is 22.4 Å². The zero-order valence-electron chi connectivity index (χ0n) is 11.7. The summed E-state index contributed by atoms with van der Waals surface area (Å²) in [5, 5.41) is 5.30. The third-order valence-corrected chi connectivity index (χ3v) is 2.81. The lowest BCUT2D eigenvalue weighted by atomic mass is 10.1. The normalized spacial score (nSPS) is 11.1. The summed E-state index contributed by atoms with van der Waals surface area (Å²) in [6, 6.07) is 2.10. The molecule has 2 rings (SSSR count). The lowest BCUT2D eigenvalue weighted by Gasteiger charge is -2.11. The number of alkyl halides is 3. The number of nitrogens with one attached hydrogen (secondary N) is 2. The average molecular weight is 328 g/mol. The zero-order chi connectivity index (χ0) is 16.9. The molecule has 0 unspecified atom stereocenters. The zero-order valence-corrected chi connectivity index (χ0v) is 11.7. The maximum absolute atomic E-state index is 13.1. The van der Waals surface area contributed by atoms with Gasteiger partial charge >= 0.3 is 6.18 Å². The summed E-state index contributed by atoms with van der Waals surface area (Å²) < 4.78 is 50.9. The van der Waals surface area contributed by atoms with Crippen molar-refractivity contribution < 1.29 is 22.4 Å². The third kappa shape index (κ3) is 4.63. The number of amides is 1. The Hall–Kier alpha value is -2.71. The van der Waals surface area contributed by atoms with Gasteiger partial charge in [0.15, 0.2) is 0 Å². The molecule has 0 fully saturated rings. The Labute approximate surface area is 128 Å². The molecule has 122 valence electrons. The predicted octanol–water partition coefficient (Wildman–Crippen LogP) is 2.48. The summed E-state index contributed by atoms with van der Waals surface area (Å²) >= 11 is 0. The van der Waals surface area contributed by atoms with Gasteiger partial charge in [-0.05, 0) is 18.2 Å². The Morgan fingerprint density at radius 1 is 1.17 bits per heavy atom. The Balaban J connectivity index is 1.91. The lowest BCUT2D eigenvalue weighted by molar-refractivity contribution is -0.140. The van der Waals surface area contributed by atoms with Crippen molar-refractivity contribution in [2.45, 2.75) is 6.18 Å². The van der Waals surface area contributed by atoms with E-state index in [1.165, 1.54) is 18.6 Å². The molecule has 1 amide bonds. The first-order valence-corrected chi connectivity index (χ1v) is 6.53. The van der Waals surface area contributed by atoms with Crippen molar-refractivity contribution >= 4 is 11.7 Å². The van der Waals surface area contributed by atoms with Crippen molar-refractivity contribution in [1.82, 2.24) is 15.3 Å². The SMILES string of the molecule is O=C(NCCNc1cnccn1)c1ccc(F)c(C(F)(F)F)c1. The summed E-state index contributed by atoms with van der Waals surface area (Å²) in [5.41, 5.74) is -1.74. The van der Waals surface area contributed by atoms with Crippen molar-refractivity contribution in [3.8, 4) is 0 Å². The van der Waals surface area contributed by atoms with Crippen LogP contribution in [0.4, 0.5) is 23.4 Å². The van der Waals surface area contributed by atoms with Crippen LogP contribution in [-0.4, -0.2) is 29.0 Å². The van der Waals surface area contributed by atoms with E-state index < -0.39 is 23.5 Å². The Kier molecular flexibility index (Phi) is 5.09. The minimum atomic E-state index is -4.85. The summed E-state index contributed by atoms with van der Waals surface area (Å²) in [6.45, 7) is 0.450. The van der Waals surface area contributed by atoms with Gasteiger partial charge in [-0.2, -0.15) is 13.2 Å². The van der Waals surface area contributed by atoms with E-state index in [-0.39, 0.29) is 12.1 Å². The van der Waals surface area contributed by atoms with Gasteiger partial charge in [-0.1, -0.05) is 0 Å². The second-order valence-electron chi connectivity index (χ2n) is 4.47. The Morgan fingerprint density at radius 2 is 1.96 bits per heavy atom. The smallest absolute Gasteiger partial charge is 0.367 e. The highest BCUT2D eigenvalue weighted by Gasteiger charge is 2.34. The van der Waals surface area contributed by atoms with Gasteiger partial charge in [-0.15, -0.1) is 0 Å². The first-order chi connectivity index (χ1) is 10.9. The molecule has 0 saturated carbocycles. The number of nitrogens with zero attached hydrogens (tertiary/aromatic N) is 2. The van der Waals surface area contributed by atoms with Gasteiger partial charge in [0.2, 0.25) is 0 Å². The molecule has 1 aromatic heterocycles. The van der Waals surface area contributed by atoms with E-state index in [2.05, 4.69) is 20.6 Å². The molecule has 1 heterocycles. The second-order valence-corrected chi connectivity index (χ2v) is 4.47. The van der Waals surface area contributed by atoms with Gasteiger partial charge in [-0.3, -0.25) is 9.78 Å². The van der Waals surface area contributed by atoms with Crippen LogP contribution in [0.3, 0.4) is 0 Å². The predicted molar refractivity (Wildman–Crippen MR) is 74.3 cm³/mol. The molecule has 0 atom stereocenters. The van der Waals surface area contributed by atoms with E-state index in [1.54, 1.807) is 0 Å². The van der Waals surface area contributed by atoms with Crippen LogP contribution in [0.5, 0.6) is 0 Å². The highest BCUT2D eigenvalue weighted by atomic mass is 19.4. The number of carbonyl (C=O) groups excluding carboxylic acids is 1. The van der Waals surface area contributed by atoms with Crippen molar-refractivity contribution in [3.05, 3.63) is 53.7 Å². The van der Waals surface area contributed by atoms with Gasteiger partial charge in [-0.25, -0.2) is 9.37 Å². The number of anilines is 1. The molecule has 0 aliphatic rings. The molecule has 23 heavy (non-hydrogen) atoms. The highest BCUT2D eigenvalue weighted by Crippen LogP contribution is 2.31. The molecule has 2 aromatic rings. The number of halogens is 4. The minimum Gasteiger partial charge on any atom is -0.367 e. The number of rotatable bonds is 5. The summed E-state index contributed by atoms with van der Waals surface area (Å²) in [7, 11) is 0. The topological polar surface area (TPSA) is 66.9 Å². The van der Waals surface area contributed by atoms with E-state index in [4.69, 9.17) is 0 Å².